The first-order chi connectivity index (χ1) is 12.4. The maximum Gasteiger partial charge on any atom is 0.492 e. The van der Waals surface area contributed by atoms with Gasteiger partial charge in [-0.25, -0.2) is 23.6 Å². The lowest BCUT2D eigenvalue weighted by atomic mass is 10.1. The van der Waals surface area contributed by atoms with E-state index in [0.717, 1.165) is 0 Å². The SMILES string of the molecule is CC(C)(C)OC(=O)N[C@H](C(=O)O)[C@@H](O)CCNC(=O)OC(OI)(OI)OI. The Kier molecular flexibility index (Phi) is 12.6. The van der Waals surface area contributed by atoms with Gasteiger partial charge in [0.2, 0.25) is 0 Å². The average molecular weight is 732 g/mol. The van der Waals surface area contributed by atoms with Crippen LogP contribution in [-0.4, -0.2) is 58.8 Å². The first-order valence-electron chi connectivity index (χ1n) is 7.16. The van der Waals surface area contributed by atoms with Crippen molar-refractivity contribution < 1.29 is 43.3 Å². The summed E-state index contributed by atoms with van der Waals surface area (Å²) >= 11 is 4.19. The summed E-state index contributed by atoms with van der Waals surface area (Å²) in [6, 6.07) is -1.63. The minimum atomic E-state index is -2.08. The molecule has 0 radical (unpaired) electrons. The molecule has 0 saturated heterocycles. The van der Waals surface area contributed by atoms with Crippen LogP contribution in [0.2, 0.25) is 0 Å². The van der Waals surface area contributed by atoms with Crippen molar-refractivity contribution in [3.63, 3.8) is 0 Å². The molecular formula is C12H19I3N2O10. The van der Waals surface area contributed by atoms with E-state index in [-0.39, 0.29) is 13.0 Å². The smallest absolute Gasteiger partial charge is 0.480 e. The van der Waals surface area contributed by atoms with Crippen molar-refractivity contribution in [2.24, 2.45) is 0 Å². The van der Waals surface area contributed by atoms with Crippen molar-refractivity contribution >= 4 is 87.2 Å². The molecule has 0 spiro atoms. The molecule has 0 aliphatic heterocycles. The van der Waals surface area contributed by atoms with E-state index in [2.05, 4.69) is 10.6 Å². The molecule has 0 aromatic heterocycles. The molecule has 0 heterocycles. The predicted molar refractivity (Wildman–Crippen MR) is 114 cm³/mol. The quantitative estimate of drug-likeness (QED) is 0.194. The van der Waals surface area contributed by atoms with Gasteiger partial charge < -0.3 is 30.3 Å². The fraction of sp³-hybridized carbons (Fsp3) is 0.750. The molecular weight excluding hydrogens is 713 g/mol. The van der Waals surface area contributed by atoms with Gasteiger partial charge in [0.05, 0.1) is 6.10 Å². The van der Waals surface area contributed by atoms with Gasteiger partial charge in [-0.2, -0.15) is 0 Å². The highest BCUT2D eigenvalue weighted by atomic mass is 127. The van der Waals surface area contributed by atoms with Crippen molar-refractivity contribution in [1.82, 2.24) is 10.6 Å². The van der Waals surface area contributed by atoms with Crippen molar-refractivity contribution in [1.29, 1.82) is 0 Å². The van der Waals surface area contributed by atoms with E-state index in [0.29, 0.717) is 0 Å². The first kappa shape index (κ1) is 27.0. The fourth-order valence-corrected chi connectivity index (χ4v) is 3.32. The number of rotatable bonds is 10. The Bertz CT molecular complexity index is 504. The summed E-state index contributed by atoms with van der Waals surface area (Å²) in [5.41, 5.74) is -0.835. The second kappa shape index (κ2) is 12.6. The van der Waals surface area contributed by atoms with E-state index in [4.69, 9.17) is 23.8 Å². The second-order valence-corrected chi connectivity index (χ2v) is 7.19. The first-order valence-corrected chi connectivity index (χ1v) is 9.80. The number of amides is 2. The van der Waals surface area contributed by atoms with Crippen LogP contribution in [0.4, 0.5) is 9.59 Å². The predicted octanol–water partition coefficient (Wildman–Crippen LogP) is 2.15. The molecule has 158 valence electrons. The summed E-state index contributed by atoms with van der Waals surface area (Å²) < 4.78 is 23.9. The summed E-state index contributed by atoms with van der Waals surface area (Å²) in [5.74, 6) is -1.47. The molecule has 0 aliphatic rings. The van der Waals surface area contributed by atoms with Gasteiger partial charge in [0, 0.05) is 6.54 Å². The van der Waals surface area contributed by atoms with Gasteiger partial charge in [-0.05, 0) is 27.2 Å². The molecule has 27 heavy (non-hydrogen) atoms. The van der Waals surface area contributed by atoms with Gasteiger partial charge in [-0.1, -0.05) is 0 Å². The molecule has 0 rings (SSSR count). The van der Waals surface area contributed by atoms with E-state index in [1.54, 1.807) is 20.8 Å². The molecule has 12 nitrogen and oxygen atoms in total. The minimum absolute atomic E-state index is 0.181. The van der Waals surface area contributed by atoms with Gasteiger partial charge in [0.25, 0.3) is 0 Å². The number of halogens is 3. The highest BCUT2D eigenvalue weighted by Crippen LogP contribution is 2.26. The molecule has 0 aromatic carbocycles. The molecule has 0 saturated carbocycles. The number of aliphatic hydroxyl groups is 1. The number of carbonyl (C=O) groups excluding carboxylic acids is 2. The van der Waals surface area contributed by atoms with E-state index in [9.17, 15) is 19.5 Å². The maximum absolute atomic E-state index is 11.7. The Labute approximate surface area is 197 Å². The normalized spacial score (nSPS) is 14.0. The zero-order valence-electron chi connectivity index (χ0n) is 14.4. The third-order valence-corrected chi connectivity index (χ3v) is 4.15. The van der Waals surface area contributed by atoms with E-state index < -0.39 is 42.1 Å². The number of hydrogen-bond donors (Lipinski definition) is 4. The average Bonchev–Trinajstić information content (AvgIpc) is 2.55. The lowest BCUT2D eigenvalue weighted by Gasteiger charge is -2.25. The van der Waals surface area contributed by atoms with Crippen molar-refractivity contribution in [2.45, 2.75) is 51.1 Å². The molecule has 15 heteroatoms. The standard InChI is InChI=1S/C12H19I3N2O10/c1-11(2,3)23-10(22)17-7(8(19)20)6(18)4-5-16-9(21)24-12(25-13,26-14)27-15/h6-7,18H,4-5H2,1-3H3,(H,16,21)(H,17,22)(H,19,20)/t6-,7-/m0/s1. The summed E-state index contributed by atoms with van der Waals surface area (Å²) in [5, 5.41) is 23.5. The van der Waals surface area contributed by atoms with Crippen LogP contribution in [0.1, 0.15) is 27.2 Å². The largest absolute Gasteiger partial charge is 0.492 e. The topological polar surface area (TPSA) is 162 Å². The van der Waals surface area contributed by atoms with Gasteiger partial charge in [-0.3, -0.25) is 0 Å². The highest BCUT2D eigenvalue weighted by molar-refractivity contribution is 14.1. The number of carboxylic acids is 1. The van der Waals surface area contributed by atoms with E-state index in [1.165, 1.54) is 69.0 Å². The molecule has 0 unspecified atom stereocenters. The lowest BCUT2D eigenvalue weighted by molar-refractivity contribution is -0.334. The van der Waals surface area contributed by atoms with Gasteiger partial charge >= 0.3 is 24.3 Å². The Balaban J connectivity index is 4.58. The van der Waals surface area contributed by atoms with Crippen LogP contribution in [0.25, 0.3) is 0 Å². The molecule has 4 N–H and O–H groups in total. The second-order valence-electron chi connectivity index (χ2n) is 5.87. The van der Waals surface area contributed by atoms with Crippen molar-refractivity contribution in [2.75, 3.05) is 6.54 Å². The van der Waals surface area contributed by atoms with Gasteiger partial charge in [0.15, 0.2) is 6.04 Å². The molecule has 2 atom stereocenters. The Hall–Kier alpha value is 0.0400. The zero-order valence-corrected chi connectivity index (χ0v) is 20.8. The van der Waals surface area contributed by atoms with E-state index >= 15 is 0 Å². The number of carboxylic acid groups (broad SMARTS) is 1. The Morgan fingerprint density at radius 3 is 1.93 bits per heavy atom. The molecule has 0 aliphatic carbocycles. The van der Waals surface area contributed by atoms with E-state index in [1.807, 2.05) is 0 Å². The number of alkyl carbamates (subject to hydrolysis) is 2. The monoisotopic (exact) mass is 732 g/mol. The van der Waals surface area contributed by atoms with Crippen LogP contribution in [0, 0.1) is 0 Å². The summed E-state index contributed by atoms with van der Waals surface area (Å²) in [6.07, 6.45) is -5.81. The number of aliphatic hydroxyl groups excluding tert-OH is 1. The number of aliphatic carboxylic acids is 1. The molecule has 0 fully saturated rings. The Morgan fingerprint density at radius 2 is 1.52 bits per heavy atom. The minimum Gasteiger partial charge on any atom is -0.480 e. The summed E-state index contributed by atoms with van der Waals surface area (Å²) in [6.45, 7) is 4.63. The van der Waals surface area contributed by atoms with Crippen LogP contribution in [0.15, 0.2) is 0 Å². The lowest BCUT2D eigenvalue weighted by Crippen LogP contribution is -2.51. The third kappa shape index (κ3) is 11.0. The number of ether oxygens (including phenoxy) is 2. The zero-order chi connectivity index (χ0) is 21.3. The highest BCUT2D eigenvalue weighted by Gasteiger charge is 2.39. The van der Waals surface area contributed by atoms with Crippen LogP contribution < -0.4 is 10.6 Å². The van der Waals surface area contributed by atoms with Crippen molar-refractivity contribution in [3.05, 3.63) is 0 Å². The third-order valence-electron chi connectivity index (χ3n) is 2.53. The van der Waals surface area contributed by atoms with Crippen LogP contribution in [0.3, 0.4) is 0 Å². The van der Waals surface area contributed by atoms with Gasteiger partial charge in [0.1, 0.15) is 74.6 Å². The van der Waals surface area contributed by atoms with Crippen LogP contribution in [0.5, 0.6) is 0 Å². The van der Waals surface area contributed by atoms with Crippen molar-refractivity contribution in [3.8, 4) is 0 Å². The van der Waals surface area contributed by atoms with Crippen LogP contribution >= 0.6 is 69.0 Å². The summed E-state index contributed by atoms with van der Waals surface area (Å²) in [7, 11) is 0. The number of nitrogens with one attached hydrogen (secondary N) is 2. The fourth-order valence-electron chi connectivity index (χ4n) is 1.48. The molecule has 0 bridgehead atoms. The molecule has 0 aromatic rings. The Morgan fingerprint density at radius 1 is 1.00 bits per heavy atom. The van der Waals surface area contributed by atoms with Gasteiger partial charge in [-0.15, -0.1) is 0 Å². The van der Waals surface area contributed by atoms with Crippen LogP contribution in [-0.2, 0) is 23.5 Å². The summed E-state index contributed by atoms with van der Waals surface area (Å²) in [4.78, 5) is 34.6. The molecule has 2 amide bonds. The number of hydrogen-bond acceptors (Lipinski definition) is 9. The maximum atomic E-state index is 11.7. The number of carbonyl (C=O) groups is 3.